The van der Waals surface area contributed by atoms with Crippen LogP contribution in [0.4, 0.5) is 0 Å². The average Bonchev–Trinajstić information content (AvgIpc) is 3.07. The summed E-state index contributed by atoms with van der Waals surface area (Å²) in [6.07, 6.45) is 3.80. The van der Waals surface area contributed by atoms with Gasteiger partial charge in [-0.1, -0.05) is 23.2 Å². The second kappa shape index (κ2) is 7.50. The summed E-state index contributed by atoms with van der Waals surface area (Å²) in [6.45, 7) is 2.14. The number of nitrogens with zero attached hydrogens (tertiary/aromatic N) is 4. The Hall–Kier alpha value is -2.48. The molecule has 0 spiro atoms. The summed E-state index contributed by atoms with van der Waals surface area (Å²) in [7, 11) is 1.57. The predicted octanol–water partition coefficient (Wildman–Crippen LogP) is 3.79. The summed E-state index contributed by atoms with van der Waals surface area (Å²) in [5.41, 5.74) is 2.55. The van der Waals surface area contributed by atoms with Crippen molar-refractivity contribution in [3.63, 3.8) is 0 Å². The summed E-state index contributed by atoms with van der Waals surface area (Å²) in [5, 5.41) is 5.50. The van der Waals surface area contributed by atoms with Crippen molar-refractivity contribution in [2.75, 3.05) is 7.11 Å². The number of hydrogen-bond donors (Lipinski definition) is 0. The number of esters is 1. The van der Waals surface area contributed by atoms with E-state index in [9.17, 15) is 4.79 Å². The van der Waals surface area contributed by atoms with Crippen LogP contribution in [0, 0.1) is 5.92 Å². The van der Waals surface area contributed by atoms with Gasteiger partial charge >= 0.3 is 5.97 Å². The third-order valence-electron chi connectivity index (χ3n) is 4.42. The molecule has 1 aliphatic carbocycles. The van der Waals surface area contributed by atoms with E-state index in [1.54, 1.807) is 31.5 Å². The largest absolute Gasteiger partial charge is 0.405 e. The minimum absolute atomic E-state index is 0.138. The van der Waals surface area contributed by atoms with Crippen molar-refractivity contribution in [1.82, 2.24) is 14.8 Å². The number of rotatable bonds is 4. The van der Waals surface area contributed by atoms with Gasteiger partial charge < -0.3 is 9.47 Å². The van der Waals surface area contributed by atoms with E-state index in [1.807, 2.05) is 13.0 Å². The van der Waals surface area contributed by atoms with E-state index in [2.05, 4.69) is 15.1 Å². The topological polar surface area (TPSA) is 78.6 Å². The van der Waals surface area contributed by atoms with Crippen LogP contribution in [-0.2, 0) is 20.9 Å². The molecule has 0 bridgehead atoms. The van der Waals surface area contributed by atoms with E-state index in [1.165, 1.54) is 4.68 Å². The smallest absolute Gasteiger partial charge is 0.322 e. The van der Waals surface area contributed by atoms with Crippen LogP contribution in [0.1, 0.15) is 24.7 Å². The quantitative estimate of drug-likeness (QED) is 0.705. The Balaban J connectivity index is 1.87. The molecule has 4 rings (SSSR count). The number of cyclic esters (lactones) is 1. The molecule has 0 saturated carbocycles. The highest BCUT2D eigenvalue weighted by Gasteiger charge is 2.36. The first-order chi connectivity index (χ1) is 13.5. The fourth-order valence-corrected chi connectivity index (χ4v) is 3.72. The van der Waals surface area contributed by atoms with E-state index in [0.29, 0.717) is 39.4 Å². The highest BCUT2D eigenvalue weighted by atomic mass is 35.5. The molecule has 1 atom stereocenters. The summed E-state index contributed by atoms with van der Waals surface area (Å²) in [4.78, 5) is 21.5. The van der Waals surface area contributed by atoms with Gasteiger partial charge in [0.05, 0.1) is 23.0 Å². The summed E-state index contributed by atoms with van der Waals surface area (Å²) < 4.78 is 12.2. The van der Waals surface area contributed by atoms with Gasteiger partial charge in [-0.2, -0.15) is 5.10 Å². The maximum absolute atomic E-state index is 12.6. The number of carbonyl (C=O) groups is 1. The van der Waals surface area contributed by atoms with Gasteiger partial charge in [0, 0.05) is 24.8 Å². The second-order valence-electron chi connectivity index (χ2n) is 6.43. The Kier molecular flexibility index (Phi) is 5.05. The molecule has 0 radical (unpaired) electrons. The second-order valence-corrected chi connectivity index (χ2v) is 7.32. The van der Waals surface area contributed by atoms with Crippen molar-refractivity contribution >= 4 is 35.1 Å². The van der Waals surface area contributed by atoms with Gasteiger partial charge in [0.2, 0.25) is 5.90 Å². The maximum Gasteiger partial charge on any atom is 0.322 e. The van der Waals surface area contributed by atoms with Crippen LogP contribution in [0.5, 0.6) is 0 Å². The molecule has 0 saturated heterocycles. The molecule has 3 heterocycles. The Labute approximate surface area is 171 Å². The van der Waals surface area contributed by atoms with Crippen LogP contribution in [0.2, 0.25) is 5.02 Å². The van der Waals surface area contributed by atoms with Gasteiger partial charge in [-0.25, -0.2) is 14.7 Å². The Morgan fingerprint density at radius 3 is 2.96 bits per heavy atom. The van der Waals surface area contributed by atoms with Crippen molar-refractivity contribution in [3.05, 3.63) is 63.2 Å². The highest BCUT2D eigenvalue weighted by Crippen LogP contribution is 2.36. The molecule has 0 amide bonds. The number of halogens is 2. The number of hydrogen-bond acceptors (Lipinski definition) is 6. The normalized spacial score (nSPS) is 19.1. The maximum atomic E-state index is 12.6. The van der Waals surface area contributed by atoms with Gasteiger partial charge in [0.15, 0.2) is 5.82 Å². The summed E-state index contributed by atoms with van der Waals surface area (Å²) >= 11 is 12.4. The molecule has 2 aromatic rings. The van der Waals surface area contributed by atoms with Crippen molar-refractivity contribution in [2.24, 2.45) is 10.9 Å². The van der Waals surface area contributed by atoms with Crippen LogP contribution < -0.4 is 0 Å². The number of methoxy groups -OCH3 is 1. The van der Waals surface area contributed by atoms with Crippen molar-refractivity contribution in [1.29, 1.82) is 0 Å². The molecule has 2 aliphatic rings. The number of aliphatic imine (C=N–C) groups is 1. The fourth-order valence-electron chi connectivity index (χ4n) is 3.20. The lowest BCUT2D eigenvalue weighted by Gasteiger charge is -2.26. The molecule has 0 aromatic carbocycles. The Morgan fingerprint density at radius 2 is 2.21 bits per heavy atom. The molecule has 7 nitrogen and oxygen atoms in total. The first kappa shape index (κ1) is 18.9. The first-order valence-electron chi connectivity index (χ1n) is 8.54. The molecule has 2 aromatic heterocycles. The van der Waals surface area contributed by atoms with Crippen LogP contribution in [0.15, 0.2) is 51.8 Å². The highest BCUT2D eigenvalue weighted by molar-refractivity contribution is 6.32. The van der Waals surface area contributed by atoms with Gasteiger partial charge in [0.1, 0.15) is 11.6 Å². The van der Waals surface area contributed by atoms with E-state index >= 15 is 0 Å². The molecule has 9 heteroatoms. The zero-order chi connectivity index (χ0) is 19.8. The standard InChI is InChI=1S/C19H16Cl2N4O3/c1-10-6-11(20)7-13-16(10)23-18(28-19(13)26)15-8-12(9-27-2)24-25(15)17-14(21)4-3-5-22-17/h3-6,8,13H,7,9H2,1-2H3. The van der Waals surface area contributed by atoms with E-state index in [0.717, 1.165) is 5.57 Å². The van der Waals surface area contributed by atoms with Crippen molar-refractivity contribution in [3.8, 4) is 5.82 Å². The van der Waals surface area contributed by atoms with Gasteiger partial charge in [-0.3, -0.25) is 4.79 Å². The summed E-state index contributed by atoms with van der Waals surface area (Å²) in [5.74, 6) is -0.369. The number of pyridine rings is 1. The van der Waals surface area contributed by atoms with Crippen molar-refractivity contribution < 1.29 is 14.3 Å². The number of ether oxygens (including phenoxy) is 2. The number of fused-ring (bicyclic) bond motifs is 1. The SMILES string of the molecule is COCc1cc(C2=NC3=C(C)C=C(Cl)CC3C(=O)O2)n(-c2ncccc2Cl)n1. The van der Waals surface area contributed by atoms with Crippen LogP contribution in [-0.4, -0.2) is 33.7 Å². The van der Waals surface area contributed by atoms with Crippen LogP contribution in [0.3, 0.4) is 0 Å². The van der Waals surface area contributed by atoms with Gasteiger partial charge in [0.25, 0.3) is 0 Å². The third-order valence-corrected chi connectivity index (χ3v) is 4.98. The van der Waals surface area contributed by atoms with E-state index in [-0.39, 0.29) is 12.5 Å². The fraction of sp³-hybridized carbons (Fsp3) is 0.263. The van der Waals surface area contributed by atoms with Gasteiger partial charge in [-0.15, -0.1) is 0 Å². The number of aromatic nitrogens is 3. The first-order valence-corrected chi connectivity index (χ1v) is 9.30. The molecule has 28 heavy (non-hydrogen) atoms. The molecule has 0 N–H and O–H groups in total. The molecule has 1 aliphatic heterocycles. The minimum Gasteiger partial charge on any atom is -0.405 e. The van der Waals surface area contributed by atoms with E-state index in [4.69, 9.17) is 32.7 Å². The lowest BCUT2D eigenvalue weighted by molar-refractivity contribution is -0.139. The number of allylic oxidation sites excluding steroid dienone is 3. The van der Waals surface area contributed by atoms with Crippen molar-refractivity contribution in [2.45, 2.75) is 20.0 Å². The average molecular weight is 419 g/mol. The Bertz CT molecular complexity index is 1060. The zero-order valence-electron chi connectivity index (χ0n) is 15.1. The molecular formula is C19H16Cl2N4O3. The lowest BCUT2D eigenvalue weighted by Crippen LogP contribution is -2.31. The third kappa shape index (κ3) is 3.37. The molecule has 144 valence electrons. The predicted molar refractivity (Wildman–Crippen MR) is 104 cm³/mol. The molecular weight excluding hydrogens is 403 g/mol. The Morgan fingerprint density at radius 1 is 1.39 bits per heavy atom. The van der Waals surface area contributed by atoms with E-state index < -0.39 is 11.9 Å². The molecule has 0 fully saturated rings. The number of carbonyl (C=O) groups excluding carboxylic acids is 1. The van der Waals surface area contributed by atoms with Crippen LogP contribution in [0.25, 0.3) is 5.82 Å². The zero-order valence-corrected chi connectivity index (χ0v) is 16.7. The monoisotopic (exact) mass is 418 g/mol. The molecule has 1 unspecified atom stereocenters. The minimum atomic E-state index is -0.505. The van der Waals surface area contributed by atoms with Crippen LogP contribution >= 0.6 is 23.2 Å². The van der Waals surface area contributed by atoms with Gasteiger partial charge in [-0.05, 0) is 36.8 Å². The lowest BCUT2D eigenvalue weighted by atomic mass is 9.92. The summed E-state index contributed by atoms with van der Waals surface area (Å²) in [6, 6.07) is 5.17.